The van der Waals surface area contributed by atoms with Gasteiger partial charge in [-0.15, -0.1) is 0 Å². The Kier molecular flexibility index (Phi) is 7.84. The maximum absolute atomic E-state index is 12.5. The van der Waals surface area contributed by atoms with E-state index in [1.54, 1.807) is 11.6 Å². The molecule has 0 spiro atoms. The summed E-state index contributed by atoms with van der Waals surface area (Å²) in [6.07, 6.45) is 6.39. The Morgan fingerprint density at radius 1 is 1.52 bits per heavy atom. The van der Waals surface area contributed by atoms with Crippen LogP contribution in [0.25, 0.3) is 0 Å². The zero-order valence-electron chi connectivity index (χ0n) is 14.3. The lowest BCUT2D eigenvalue weighted by Gasteiger charge is -2.25. The zero-order chi connectivity index (χ0) is 17.3. The third kappa shape index (κ3) is 6.07. The van der Waals surface area contributed by atoms with Gasteiger partial charge in [-0.05, 0) is 44.7 Å². The van der Waals surface area contributed by atoms with Gasteiger partial charge in [-0.25, -0.2) is 0 Å². The van der Waals surface area contributed by atoms with Crippen molar-refractivity contribution in [3.05, 3.63) is 35.5 Å². The summed E-state index contributed by atoms with van der Waals surface area (Å²) in [6, 6.07) is 5.91. The van der Waals surface area contributed by atoms with Crippen LogP contribution in [0.1, 0.15) is 52.7 Å². The number of rotatable bonds is 8. The third-order valence-electron chi connectivity index (χ3n) is 3.66. The molecule has 1 aromatic heterocycles. The van der Waals surface area contributed by atoms with E-state index in [9.17, 15) is 4.79 Å². The van der Waals surface area contributed by atoms with E-state index in [1.807, 2.05) is 39.0 Å². The lowest BCUT2D eigenvalue weighted by molar-refractivity contribution is -0.126. The van der Waals surface area contributed by atoms with Crippen molar-refractivity contribution in [1.29, 1.82) is 5.26 Å². The largest absolute Gasteiger partial charge is 0.353 e. The number of pyridine rings is 1. The second-order valence-corrected chi connectivity index (χ2v) is 7.05. The Bertz CT molecular complexity index is 573. The van der Waals surface area contributed by atoms with Gasteiger partial charge in [0.2, 0.25) is 5.91 Å². The predicted molar refractivity (Wildman–Crippen MR) is 95.0 cm³/mol. The van der Waals surface area contributed by atoms with Crippen LogP contribution < -0.4 is 5.32 Å². The van der Waals surface area contributed by atoms with Gasteiger partial charge in [0.25, 0.3) is 0 Å². The van der Waals surface area contributed by atoms with Crippen LogP contribution in [0.4, 0.5) is 0 Å². The van der Waals surface area contributed by atoms with Gasteiger partial charge < -0.3 is 5.32 Å². The van der Waals surface area contributed by atoms with Gasteiger partial charge in [0.1, 0.15) is 0 Å². The molecule has 0 aliphatic rings. The number of amides is 1. The molecule has 0 fully saturated rings. The molecule has 1 N–H and O–H groups in total. The quantitative estimate of drug-likeness (QED) is 0.573. The number of aromatic nitrogens is 1. The van der Waals surface area contributed by atoms with Crippen LogP contribution in [-0.2, 0) is 10.2 Å². The van der Waals surface area contributed by atoms with E-state index in [2.05, 4.69) is 17.2 Å². The number of hydrogen-bond acceptors (Lipinski definition) is 4. The number of allylic oxidation sites excluding steroid dienone is 1. The number of hydrogen-bond donors (Lipinski definition) is 1. The molecule has 1 unspecified atom stereocenters. The minimum absolute atomic E-state index is 0.00150. The van der Waals surface area contributed by atoms with Crippen molar-refractivity contribution in [2.45, 2.75) is 63.3 Å². The fraction of sp³-hybridized carbons (Fsp3) is 0.500. The van der Waals surface area contributed by atoms with Crippen molar-refractivity contribution in [2.75, 3.05) is 0 Å². The highest BCUT2D eigenvalue weighted by molar-refractivity contribution is 8.02. The summed E-state index contributed by atoms with van der Waals surface area (Å²) in [7, 11) is 0. The Hall–Kier alpha value is -1.80. The molecule has 1 aromatic rings. The predicted octanol–water partition coefficient (Wildman–Crippen LogP) is 4.18. The molecule has 0 saturated heterocycles. The van der Waals surface area contributed by atoms with Crippen molar-refractivity contribution in [2.24, 2.45) is 0 Å². The minimum atomic E-state index is -0.674. The smallest absolute Gasteiger partial charge is 0.231 e. The Labute approximate surface area is 143 Å². The molecule has 1 amide bonds. The van der Waals surface area contributed by atoms with Gasteiger partial charge in [0.05, 0.1) is 17.2 Å². The highest BCUT2D eigenvalue weighted by Gasteiger charge is 2.31. The average molecular weight is 331 g/mol. The van der Waals surface area contributed by atoms with Crippen LogP contribution in [0, 0.1) is 11.3 Å². The van der Waals surface area contributed by atoms with Gasteiger partial charge in [-0.3, -0.25) is 9.78 Å². The summed E-state index contributed by atoms with van der Waals surface area (Å²) in [5.74, 6) is -0.00150. The summed E-state index contributed by atoms with van der Waals surface area (Å²) in [5, 5.41) is 13.3. The van der Waals surface area contributed by atoms with Crippen molar-refractivity contribution < 1.29 is 4.79 Å². The Morgan fingerprint density at radius 2 is 2.26 bits per heavy atom. The van der Waals surface area contributed by atoms with Crippen LogP contribution >= 0.6 is 11.8 Å². The summed E-state index contributed by atoms with van der Waals surface area (Å²) in [5.41, 5.74) is 0.0675. The van der Waals surface area contributed by atoms with Gasteiger partial charge in [0, 0.05) is 23.2 Å². The second-order valence-electron chi connectivity index (χ2n) is 6.07. The first-order valence-electron chi connectivity index (χ1n) is 7.90. The molecule has 0 saturated carbocycles. The summed E-state index contributed by atoms with van der Waals surface area (Å²) < 4.78 is 0. The molecular formula is C18H25N3OS. The molecule has 4 nitrogen and oxygen atoms in total. The second kappa shape index (κ2) is 9.36. The standard InChI is InChI=1S/C18H25N3OS/c1-5-6-8-14(2)21-17(22)18(3,4)16-10-9-15(13-20-16)23-12-7-11-19/h7,9-10,12-14H,5-6,8H2,1-4H3,(H,21,22). The summed E-state index contributed by atoms with van der Waals surface area (Å²) >= 11 is 1.43. The molecule has 23 heavy (non-hydrogen) atoms. The Morgan fingerprint density at radius 3 is 2.83 bits per heavy atom. The summed E-state index contributed by atoms with van der Waals surface area (Å²) in [6.45, 7) is 7.96. The molecule has 0 radical (unpaired) electrons. The number of unbranched alkanes of at least 4 members (excludes halogenated alkanes) is 1. The zero-order valence-corrected chi connectivity index (χ0v) is 15.1. The lowest BCUT2D eigenvalue weighted by atomic mass is 9.87. The minimum Gasteiger partial charge on any atom is -0.353 e. The maximum Gasteiger partial charge on any atom is 0.231 e. The first kappa shape index (κ1) is 19.2. The van der Waals surface area contributed by atoms with Crippen LogP contribution in [0.15, 0.2) is 34.7 Å². The molecule has 0 aliphatic carbocycles. The first-order chi connectivity index (χ1) is 10.9. The topological polar surface area (TPSA) is 65.8 Å². The number of nitrogens with zero attached hydrogens (tertiary/aromatic N) is 2. The maximum atomic E-state index is 12.5. The molecule has 1 rings (SSSR count). The molecule has 0 bridgehead atoms. The van der Waals surface area contributed by atoms with Crippen molar-refractivity contribution in [1.82, 2.24) is 10.3 Å². The molecule has 0 aliphatic heterocycles. The van der Waals surface area contributed by atoms with Crippen LogP contribution in [0.2, 0.25) is 0 Å². The van der Waals surface area contributed by atoms with E-state index in [0.29, 0.717) is 0 Å². The van der Waals surface area contributed by atoms with E-state index < -0.39 is 5.41 Å². The van der Waals surface area contributed by atoms with E-state index in [-0.39, 0.29) is 11.9 Å². The van der Waals surface area contributed by atoms with E-state index in [4.69, 9.17) is 5.26 Å². The van der Waals surface area contributed by atoms with Crippen LogP contribution in [0.5, 0.6) is 0 Å². The molecular weight excluding hydrogens is 306 g/mol. The molecule has 1 atom stereocenters. The third-order valence-corrected chi connectivity index (χ3v) is 4.45. The molecule has 124 valence electrons. The van der Waals surface area contributed by atoms with Gasteiger partial charge in [0.15, 0.2) is 0 Å². The van der Waals surface area contributed by atoms with Crippen LogP contribution in [0.3, 0.4) is 0 Å². The molecule has 0 aromatic carbocycles. The number of carbonyl (C=O) groups excluding carboxylic acids is 1. The van der Waals surface area contributed by atoms with Crippen molar-refractivity contribution in [3.8, 4) is 6.07 Å². The van der Waals surface area contributed by atoms with Crippen molar-refractivity contribution >= 4 is 17.7 Å². The number of carbonyl (C=O) groups is 1. The van der Waals surface area contributed by atoms with E-state index in [0.717, 1.165) is 29.9 Å². The first-order valence-corrected chi connectivity index (χ1v) is 8.78. The SMILES string of the molecule is CCCCC(C)NC(=O)C(C)(C)c1ccc(SC=CC#N)cn1. The van der Waals surface area contributed by atoms with Crippen molar-refractivity contribution in [3.63, 3.8) is 0 Å². The van der Waals surface area contributed by atoms with E-state index in [1.165, 1.54) is 17.8 Å². The number of nitrogens with one attached hydrogen (secondary N) is 1. The van der Waals surface area contributed by atoms with Gasteiger partial charge >= 0.3 is 0 Å². The molecule has 5 heteroatoms. The molecule has 1 heterocycles. The summed E-state index contributed by atoms with van der Waals surface area (Å²) in [4.78, 5) is 17.9. The normalized spacial score (nSPS) is 12.8. The van der Waals surface area contributed by atoms with Gasteiger partial charge in [-0.2, -0.15) is 5.26 Å². The lowest BCUT2D eigenvalue weighted by Crippen LogP contribution is -2.44. The highest BCUT2D eigenvalue weighted by atomic mass is 32.2. The fourth-order valence-electron chi connectivity index (χ4n) is 2.07. The number of nitriles is 1. The van der Waals surface area contributed by atoms with Gasteiger partial charge in [-0.1, -0.05) is 31.5 Å². The Balaban J connectivity index is 2.73. The number of thioether (sulfide) groups is 1. The average Bonchev–Trinajstić information content (AvgIpc) is 2.53. The monoisotopic (exact) mass is 331 g/mol. The highest BCUT2D eigenvalue weighted by Crippen LogP contribution is 2.25. The van der Waals surface area contributed by atoms with E-state index >= 15 is 0 Å². The fourth-order valence-corrected chi connectivity index (χ4v) is 2.61. The van der Waals surface area contributed by atoms with Crippen LogP contribution in [-0.4, -0.2) is 16.9 Å².